The third-order valence-corrected chi connectivity index (χ3v) is 3.37. The summed E-state index contributed by atoms with van der Waals surface area (Å²) < 4.78 is 0. The molecule has 0 aliphatic heterocycles. The Bertz CT molecular complexity index is 619. The van der Waals surface area contributed by atoms with Gasteiger partial charge in [-0.1, -0.05) is 24.3 Å². The molecule has 17 heavy (non-hydrogen) atoms. The van der Waals surface area contributed by atoms with Crippen LogP contribution in [0.2, 0.25) is 0 Å². The summed E-state index contributed by atoms with van der Waals surface area (Å²) >= 11 is 1.73. The summed E-state index contributed by atoms with van der Waals surface area (Å²) in [5, 5.41) is 6.36. The van der Waals surface area contributed by atoms with Gasteiger partial charge in [0.1, 0.15) is 0 Å². The van der Waals surface area contributed by atoms with Crippen molar-refractivity contribution in [1.82, 2.24) is 9.97 Å². The van der Waals surface area contributed by atoms with E-state index in [1.54, 1.807) is 11.3 Å². The highest BCUT2D eigenvalue weighted by Gasteiger charge is 1.99. The summed E-state index contributed by atoms with van der Waals surface area (Å²) in [7, 11) is 0. The molecular weight excluding hydrogens is 230 g/mol. The number of para-hydroxylation sites is 1. The van der Waals surface area contributed by atoms with Crippen LogP contribution in [-0.4, -0.2) is 9.97 Å². The highest BCUT2D eigenvalue weighted by Crippen LogP contribution is 2.13. The zero-order valence-corrected chi connectivity index (χ0v) is 9.95. The van der Waals surface area contributed by atoms with Crippen LogP contribution in [0.4, 0.5) is 5.95 Å². The Balaban J connectivity index is 1.81. The average Bonchev–Trinajstić information content (AvgIpc) is 2.89. The molecule has 0 unspecified atom stereocenters. The lowest BCUT2D eigenvalue weighted by molar-refractivity contribution is 1.09. The smallest absolute Gasteiger partial charge is 0.223 e. The molecule has 0 atom stereocenters. The van der Waals surface area contributed by atoms with E-state index in [1.807, 2.05) is 36.5 Å². The summed E-state index contributed by atoms with van der Waals surface area (Å²) in [6, 6.07) is 12.1. The van der Waals surface area contributed by atoms with Gasteiger partial charge in [-0.15, -0.1) is 11.3 Å². The van der Waals surface area contributed by atoms with Gasteiger partial charge in [0.2, 0.25) is 5.95 Å². The number of hydrogen-bond acceptors (Lipinski definition) is 4. The maximum atomic E-state index is 4.46. The molecule has 4 heteroatoms. The van der Waals surface area contributed by atoms with E-state index in [9.17, 15) is 0 Å². The molecule has 2 aromatic heterocycles. The van der Waals surface area contributed by atoms with E-state index in [2.05, 4.69) is 26.7 Å². The molecule has 0 bridgehead atoms. The Morgan fingerprint density at radius 2 is 2.06 bits per heavy atom. The van der Waals surface area contributed by atoms with Crippen molar-refractivity contribution in [2.24, 2.45) is 0 Å². The van der Waals surface area contributed by atoms with E-state index in [0.29, 0.717) is 5.95 Å². The van der Waals surface area contributed by atoms with Crippen molar-refractivity contribution >= 4 is 28.2 Å². The number of thiophene rings is 1. The fourth-order valence-electron chi connectivity index (χ4n) is 1.64. The maximum absolute atomic E-state index is 4.46. The lowest BCUT2D eigenvalue weighted by Gasteiger charge is -2.03. The van der Waals surface area contributed by atoms with E-state index in [1.165, 1.54) is 4.88 Å². The minimum absolute atomic E-state index is 0.678. The van der Waals surface area contributed by atoms with Crippen LogP contribution in [0.25, 0.3) is 10.9 Å². The fourth-order valence-corrected chi connectivity index (χ4v) is 2.28. The molecule has 0 fully saturated rings. The van der Waals surface area contributed by atoms with Crippen molar-refractivity contribution < 1.29 is 0 Å². The van der Waals surface area contributed by atoms with Gasteiger partial charge in [-0.2, -0.15) is 0 Å². The first kappa shape index (κ1) is 10.2. The molecule has 0 saturated heterocycles. The lowest BCUT2D eigenvalue weighted by atomic mass is 10.2. The second-order valence-electron chi connectivity index (χ2n) is 3.69. The second-order valence-corrected chi connectivity index (χ2v) is 4.72. The van der Waals surface area contributed by atoms with Gasteiger partial charge in [0.15, 0.2) is 0 Å². The molecule has 0 spiro atoms. The minimum atomic E-state index is 0.678. The quantitative estimate of drug-likeness (QED) is 0.764. The van der Waals surface area contributed by atoms with Crippen LogP contribution in [0.5, 0.6) is 0 Å². The number of hydrogen-bond donors (Lipinski definition) is 1. The van der Waals surface area contributed by atoms with Gasteiger partial charge in [-0.05, 0) is 17.5 Å². The van der Waals surface area contributed by atoms with Gasteiger partial charge in [-0.25, -0.2) is 9.97 Å². The van der Waals surface area contributed by atoms with Crippen molar-refractivity contribution in [3.63, 3.8) is 0 Å². The van der Waals surface area contributed by atoms with Crippen molar-refractivity contribution in [3.8, 4) is 0 Å². The predicted octanol–water partition coefficient (Wildman–Crippen LogP) is 3.30. The van der Waals surface area contributed by atoms with Crippen LogP contribution in [-0.2, 0) is 6.54 Å². The molecule has 2 heterocycles. The SMILES string of the molecule is c1csc(CNc2ncc3ccccc3n2)c1. The number of nitrogens with one attached hydrogen (secondary N) is 1. The summed E-state index contributed by atoms with van der Waals surface area (Å²) in [5.74, 6) is 0.678. The standard InChI is InChI=1S/C13H11N3S/c1-2-6-12-10(4-1)8-14-13(16-12)15-9-11-5-3-7-17-11/h1-8H,9H2,(H,14,15,16). The molecule has 1 N–H and O–H groups in total. The Labute approximate surface area is 103 Å². The molecule has 3 aromatic rings. The zero-order valence-electron chi connectivity index (χ0n) is 9.13. The molecule has 0 amide bonds. The number of nitrogens with zero attached hydrogens (tertiary/aromatic N) is 2. The van der Waals surface area contributed by atoms with Crippen LogP contribution in [0.1, 0.15) is 4.88 Å². The Kier molecular flexibility index (Phi) is 2.71. The van der Waals surface area contributed by atoms with Crippen LogP contribution in [0.3, 0.4) is 0 Å². The number of anilines is 1. The van der Waals surface area contributed by atoms with Crippen LogP contribution in [0.15, 0.2) is 48.0 Å². The fraction of sp³-hybridized carbons (Fsp3) is 0.0769. The van der Waals surface area contributed by atoms with Crippen molar-refractivity contribution in [1.29, 1.82) is 0 Å². The van der Waals surface area contributed by atoms with Gasteiger partial charge < -0.3 is 5.32 Å². The van der Waals surface area contributed by atoms with Gasteiger partial charge in [0.25, 0.3) is 0 Å². The molecular formula is C13H11N3S. The van der Waals surface area contributed by atoms with E-state index < -0.39 is 0 Å². The Morgan fingerprint density at radius 3 is 2.94 bits per heavy atom. The average molecular weight is 241 g/mol. The van der Waals surface area contributed by atoms with Crippen molar-refractivity contribution in [2.75, 3.05) is 5.32 Å². The van der Waals surface area contributed by atoms with Crippen LogP contribution < -0.4 is 5.32 Å². The topological polar surface area (TPSA) is 37.8 Å². The molecule has 84 valence electrons. The number of rotatable bonds is 3. The molecule has 3 nitrogen and oxygen atoms in total. The van der Waals surface area contributed by atoms with Crippen LogP contribution >= 0.6 is 11.3 Å². The monoisotopic (exact) mass is 241 g/mol. The van der Waals surface area contributed by atoms with E-state index in [0.717, 1.165) is 17.4 Å². The van der Waals surface area contributed by atoms with E-state index in [-0.39, 0.29) is 0 Å². The number of aromatic nitrogens is 2. The Hall–Kier alpha value is -1.94. The molecule has 0 radical (unpaired) electrons. The molecule has 1 aromatic carbocycles. The van der Waals surface area contributed by atoms with Gasteiger partial charge in [0.05, 0.1) is 12.1 Å². The summed E-state index contributed by atoms with van der Waals surface area (Å²) in [5.41, 5.74) is 0.969. The maximum Gasteiger partial charge on any atom is 0.223 e. The normalized spacial score (nSPS) is 10.6. The first-order valence-electron chi connectivity index (χ1n) is 5.40. The Morgan fingerprint density at radius 1 is 1.12 bits per heavy atom. The second kappa shape index (κ2) is 4.51. The number of fused-ring (bicyclic) bond motifs is 1. The van der Waals surface area contributed by atoms with E-state index in [4.69, 9.17) is 0 Å². The third kappa shape index (κ3) is 2.26. The summed E-state index contributed by atoms with van der Waals surface area (Å²) in [4.78, 5) is 10.0. The van der Waals surface area contributed by atoms with Crippen molar-refractivity contribution in [3.05, 3.63) is 52.9 Å². The lowest BCUT2D eigenvalue weighted by Crippen LogP contribution is -2.01. The highest BCUT2D eigenvalue weighted by atomic mass is 32.1. The zero-order chi connectivity index (χ0) is 11.5. The first-order valence-corrected chi connectivity index (χ1v) is 6.28. The van der Waals surface area contributed by atoms with Gasteiger partial charge in [-0.3, -0.25) is 0 Å². The van der Waals surface area contributed by atoms with Crippen LogP contribution in [0, 0.1) is 0 Å². The first-order chi connectivity index (χ1) is 8.42. The minimum Gasteiger partial charge on any atom is -0.349 e. The van der Waals surface area contributed by atoms with Gasteiger partial charge >= 0.3 is 0 Å². The summed E-state index contributed by atoms with van der Waals surface area (Å²) in [6.07, 6.45) is 1.85. The van der Waals surface area contributed by atoms with Gasteiger partial charge in [0, 0.05) is 16.5 Å². The molecule has 0 saturated carbocycles. The molecule has 3 rings (SSSR count). The van der Waals surface area contributed by atoms with Crippen molar-refractivity contribution in [2.45, 2.75) is 6.54 Å². The number of benzene rings is 1. The summed E-state index contributed by atoms with van der Waals surface area (Å²) in [6.45, 7) is 0.774. The molecule has 0 aliphatic rings. The highest BCUT2D eigenvalue weighted by molar-refractivity contribution is 7.09. The predicted molar refractivity (Wildman–Crippen MR) is 71.2 cm³/mol. The van der Waals surface area contributed by atoms with E-state index >= 15 is 0 Å². The molecule has 0 aliphatic carbocycles. The third-order valence-electron chi connectivity index (χ3n) is 2.49. The largest absolute Gasteiger partial charge is 0.349 e.